The summed E-state index contributed by atoms with van der Waals surface area (Å²) >= 11 is 0. The van der Waals surface area contributed by atoms with Gasteiger partial charge in [-0.15, -0.1) is 12.4 Å². The van der Waals surface area contributed by atoms with Crippen molar-refractivity contribution in [1.82, 2.24) is 15.2 Å². The zero-order valence-electron chi connectivity index (χ0n) is 12.7. The smallest absolute Gasteiger partial charge is 0.254 e. The highest BCUT2D eigenvalue weighted by Crippen LogP contribution is 2.40. The number of halogens is 2. The van der Waals surface area contributed by atoms with E-state index in [0.717, 1.165) is 31.6 Å². The van der Waals surface area contributed by atoms with Crippen LogP contribution in [0.4, 0.5) is 4.39 Å². The Morgan fingerprint density at radius 1 is 1.22 bits per heavy atom. The number of benzene rings is 1. The van der Waals surface area contributed by atoms with Gasteiger partial charge in [0.25, 0.3) is 5.91 Å². The van der Waals surface area contributed by atoms with E-state index in [1.54, 1.807) is 6.07 Å². The lowest BCUT2D eigenvalue weighted by Gasteiger charge is -2.28. The summed E-state index contributed by atoms with van der Waals surface area (Å²) < 4.78 is 13.6. The Hall–Kier alpha value is -1.72. The number of carbonyl (C=O) groups excluding carboxylic acids is 1. The van der Waals surface area contributed by atoms with Gasteiger partial charge >= 0.3 is 0 Å². The van der Waals surface area contributed by atoms with Gasteiger partial charge in [-0.05, 0) is 37.1 Å². The monoisotopic (exact) mass is 335 g/mol. The molecule has 6 heteroatoms. The lowest BCUT2D eigenvalue weighted by Crippen LogP contribution is -2.46. The average Bonchev–Trinajstić information content (AvgIpc) is 3.39. The van der Waals surface area contributed by atoms with E-state index < -0.39 is 0 Å². The molecule has 1 aromatic heterocycles. The predicted octanol–water partition coefficient (Wildman–Crippen LogP) is 2.72. The molecule has 1 aliphatic carbocycles. The Balaban J connectivity index is 0.00000156. The van der Waals surface area contributed by atoms with Crippen LogP contribution in [-0.2, 0) is 0 Å². The first kappa shape index (κ1) is 16.1. The van der Waals surface area contributed by atoms with Gasteiger partial charge in [0.15, 0.2) is 0 Å². The molecule has 0 atom stereocenters. The number of nitrogens with zero attached hydrogens (tertiary/aromatic N) is 2. The van der Waals surface area contributed by atoms with Crippen LogP contribution in [0.2, 0.25) is 0 Å². The van der Waals surface area contributed by atoms with Crippen molar-refractivity contribution in [3.8, 4) is 0 Å². The molecule has 1 amide bonds. The number of rotatable bonds is 2. The SMILES string of the molecule is Cl.O=C(c1cc(C2CC2)nc2ccc(F)cc12)N1CCNCC1. The second kappa shape index (κ2) is 6.42. The Morgan fingerprint density at radius 3 is 2.65 bits per heavy atom. The topological polar surface area (TPSA) is 45.2 Å². The molecular formula is C17H19ClFN3O. The summed E-state index contributed by atoms with van der Waals surface area (Å²) in [7, 11) is 0. The number of pyridine rings is 1. The van der Waals surface area contributed by atoms with Crippen LogP contribution >= 0.6 is 12.4 Å². The Bertz CT molecular complexity index is 742. The largest absolute Gasteiger partial charge is 0.336 e. The fraction of sp³-hybridized carbons (Fsp3) is 0.412. The third kappa shape index (κ3) is 3.16. The van der Waals surface area contributed by atoms with Crippen molar-refractivity contribution < 1.29 is 9.18 Å². The molecule has 1 aliphatic heterocycles. The third-order valence-corrected chi connectivity index (χ3v) is 4.42. The lowest BCUT2D eigenvalue weighted by molar-refractivity contribution is 0.0737. The van der Waals surface area contributed by atoms with Crippen molar-refractivity contribution in [2.45, 2.75) is 18.8 Å². The average molecular weight is 336 g/mol. The molecule has 1 aromatic carbocycles. The van der Waals surface area contributed by atoms with Gasteiger partial charge < -0.3 is 10.2 Å². The van der Waals surface area contributed by atoms with E-state index in [2.05, 4.69) is 10.3 Å². The molecule has 4 rings (SSSR count). The van der Waals surface area contributed by atoms with Crippen molar-refractivity contribution in [2.24, 2.45) is 0 Å². The summed E-state index contributed by atoms with van der Waals surface area (Å²) in [6, 6.07) is 6.38. The minimum Gasteiger partial charge on any atom is -0.336 e. The van der Waals surface area contributed by atoms with E-state index >= 15 is 0 Å². The maximum absolute atomic E-state index is 13.6. The molecule has 23 heavy (non-hydrogen) atoms. The summed E-state index contributed by atoms with van der Waals surface area (Å²) in [5.41, 5.74) is 2.27. The first-order valence-corrected chi connectivity index (χ1v) is 7.82. The predicted molar refractivity (Wildman–Crippen MR) is 89.7 cm³/mol. The summed E-state index contributed by atoms with van der Waals surface area (Å²) in [4.78, 5) is 19.3. The second-order valence-electron chi connectivity index (χ2n) is 6.07. The number of hydrogen-bond donors (Lipinski definition) is 1. The lowest BCUT2D eigenvalue weighted by atomic mass is 10.0. The molecule has 0 bridgehead atoms. The fourth-order valence-electron chi connectivity index (χ4n) is 3.02. The van der Waals surface area contributed by atoms with Crippen molar-refractivity contribution >= 4 is 29.2 Å². The van der Waals surface area contributed by atoms with E-state index in [4.69, 9.17) is 0 Å². The van der Waals surface area contributed by atoms with Gasteiger partial charge in [-0.25, -0.2) is 4.39 Å². The molecule has 4 nitrogen and oxygen atoms in total. The molecule has 0 unspecified atom stereocenters. The molecule has 0 spiro atoms. The molecular weight excluding hydrogens is 317 g/mol. The van der Waals surface area contributed by atoms with E-state index in [1.165, 1.54) is 12.1 Å². The van der Waals surface area contributed by atoms with Crippen LogP contribution in [0.3, 0.4) is 0 Å². The van der Waals surface area contributed by atoms with E-state index in [1.807, 2.05) is 11.0 Å². The number of aromatic nitrogens is 1. The number of piperazine rings is 1. The molecule has 2 fully saturated rings. The number of fused-ring (bicyclic) bond motifs is 1. The molecule has 122 valence electrons. The van der Waals surface area contributed by atoms with Crippen LogP contribution in [0.5, 0.6) is 0 Å². The quantitative estimate of drug-likeness (QED) is 0.918. The van der Waals surface area contributed by atoms with Gasteiger partial charge in [0, 0.05) is 43.2 Å². The van der Waals surface area contributed by atoms with Crippen LogP contribution in [0, 0.1) is 5.82 Å². The highest BCUT2D eigenvalue weighted by atomic mass is 35.5. The van der Waals surface area contributed by atoms with Gasteiger partial charge in [-0.2, -0.15) is 0 Å². The highest BCUT2D eigenvalue weighted by molar-refractivity contribution is 6.06. The Labute approximate surface area is 140 Å². The van der Waals surface area contributed by atoms with Crippen molar-refractivity contribution in [1.29, 1.82) is 0 Å². The Morgan fingerprint density at radius 2 is 1.96 bits per heavy atom. The van der Waals surface area contributed by atoms with Gasteiger partial charge in [0.1, 0.15) is 5.82 Å². The summed E-state index contributed by atoms with van der Waals surface area (Å²) in [5, 5.41) is 3.86. The molecule has 1 saturated carbocycles. The zero-order chi connectivity index (χ0) is 15.1. The van der Waals surface area contributed by atoms with Crippen molar-refractivity contribution in [3.05, 3.63) is 41.3 Å². The number of hydrogen-bond acceptors (Lipinski definition) is 3. The molecule has 2 aliphatic rings. The molecule has 1 N–H and O–H groups in total. The zero-order valence-corrected chi connectivity index (χ0v) is 13.5. The van der Waals surface area contributed by atoms with Gasteiger partial charge in [0.05, 0.1) is 11.1 Å². The Kier molecular flexibility index (Phi) is 4.50. The number of nitrogens with one attached hydrogen (secondary N) is 1. The van der Waals surface area contributed by atoms with Crippen LogP contribution < -0.4 is 5.32 Å². The first-order valence-electron chi connectivity index (χ1n) is 7.82. The minimum atomic E-state index is -0.331. The molecule has 2 aromatic rings. The third-order valence-electron chi connectivity index (χ3n) is 4.42. The number of carbonyl (C=O) groups is 1. The molecule has 2 heterocycles. The minimum absolute atomic E-state index is 0. The maximum atomic E-state index is 13.6. The van der Waals surface area contributed by atoms with Gasteiger partial charge in [-0.1, -0.05) is 0 Å². The van der Waals surface area contributed by atoms with Crippen molar-refractivity contribution in [2.75, 3.05) is 26.2 Å². The highest BCUT2D eigenvalue weighted by Gasteiger charge is 2.28. The van der Waals surface area contributed by atoms with E-state index in [0.29, 0.717) is 35.5 Å². The van der Waals surface area contributed by atoms with Gasteiger partial charge in [-0.3, -0.25) is 9.78 Å². The molecule has 1 saturated heterocycles. The van der Waals surface area contributed by atoms with E-state index in [-0.39, 0.29) is 24.1 Å². The standard InChI is InChI=1S/C17H18FN3O.ClH/c18-12-3-4-15-13(9-12)14(10-16(20-15)11-1-2-11)17(22)21-7-5-19-6-8-21;/h3-4,9-11,19H,1-2,5-8H2;1H. The maximum Gasteiger partial charge on any atom is 0.254 e. The normalized spacial score (nSPS) is 17.9. The molecule has 0 radical (unpaired) electrons. The first-order chi connectivity index (χ1) is 10.7. The van der Waals surface area contributed by atoms with Gasteiger partial charge in [0.2, 0.25) is 0 Å². The van der Waals surface area contributed by atoms with Crippen LogP contribution in [0.15, 0.2) is 24.3 Å². The van der Waals surface area contributed by atoms with Crippen molar-refractivity contribution in [3.63, 3.8) is 0 Å². The van der Waals surface area contributed by atoms with Crippen LogP contribution in [0.25, 0.3) is 10.9 Å². The summed E-state index contributed by atoms with van der Waals surface area (Å²) in [6.45, 7) is 2.99. The summed E-state index contributed by atoms with van der Waals surface area (Å²) in [6.07, 6.45) is 2.25. The van der Waals surface area contributed by atoms with Crippen LogP contribution in [0.1, 0.15) is 34.8 Å². The fourth-order valence-corrected chi connectivity index (χ4v) is 3.02. The summed E-state index contributed by atoms with van der Waals surface area (Å²) in [5.74, 6) is 0.119. The van der Waals surface area contributed by atoms with Crippen LogP contribution in [-0.4, -0.2) is 42.0 Å². The van der Waals surface area contributed by atoms with E-state index in [9.17, 15) is 9.18 Å². The second-order valence-corrected chi connectivity index (χ2v) is 6.07. The number of amides is 1.